The molecular weight excluding hydrogens is 926 g/mol. The van der Waals surface area contributed by atoms with E-state index < -0.39 is 47.3 Å². The van der Waals surface area contributed by atoms with Crippen LogP contribution < -0.4 is 21.3 Å². The third-order valence-electron chi connectivity index (χ3n) is 10.1. The van der Waals surface area contributed by atoms with Gasteiger partial charge in [0.1, 0.15) is 11.4 Å². The Labute approximate surface area is 402 Å². The highest BCUT2D eigenvalue weighted by atomic mass is 35.5. The maximum absolute atomic E-state index is 13.7. The molecule has 0 aliphatic carbocycles. The molecule has 5 aromatic rings. The van der Waals surface area contributed by atoms with Crippen molar-refractivity contribution in [1.29, 1.82) is 0 Å². The van der Waals surface area contributed by atoms with Gasteiger partial charge in [0.25, 0.3) is 23.6 Å². The minimum atomic E-state index is -1.59. The highest BCUT2D eigenvalue weighted by molar-refractivity contribution is 6.37. The largest absolute Gasteiger partial charge is 0.324 e. The molecular formula is C48H46Cl4N8O6. The molecule has 0 aliphatic heterocycles. The number of halogens is 4. The number of amides is 4. The molecule has 4 N–H and O–H groups in total. The van der Waals surface area contributed by atoms with Crippen LogP contribution in [0, 0.1) is 0 Å². The second-order valence-corrected chi connectivity index (χ2v) is 16.2. The van der Waals surface area contributed by atoms with Gasteiger partial charge in [-0.1, -0.05) is 85.6 Å². The molecule has 66 heavy (non-hydrogen) atoms. The van der Waals surface area contributed by atoms with Crippen LogP contribution in [0.1, 0.15) is 70.7 Å². The summed E-state index contributed by atoms with van der Waals surface area (Å²) < 4.78 is 0. The molecule has 342 valence electrons. The molecule has 0 spiro atoms. The van der Waals surface area contributed by atoms with Gasteiger partial charge in [0.05, 0.1) is 21.2 Å². The van der Waals surface area contributed by atoms with Gasteiger partial charge in [-0.05, 0) is 110 Å². The van der Waals surface area contributed by atoms with E-state index in [-0.39, 0.29) is 32.5 Å². The van der Waals surface area contributed by atoms with Crippen LogP contribution in [0.4, 0.5) is 34.1 Å². The predicted octanol–water partition coefficient (Wildman–Crippen LogP) is 11.5. The van der Waals surface area contributed by atoms with Crippen molar-refractivity contribution in [2.45, 2.75) is 65.5 Å². The quantitative estimate of drug-likeness (QED) is 0.0340. The summed E-state index contributed by atoms with van der Waals surface area (Å²) in [6, 6.07) is 23.6. The van der Waals surface area contributed by atoms with E-state index >= 15 is 0 Å². The molecule has 0 saturated carbocycles. The van der Waals surface area contributed by atoms with Gasteiger partial charge in [-0.2, -0.15) is 20.5 Å². The summed E-state index contributed by atoms with van der Waals surface area (Å²) in [6.45, 7) is 6.06. The van der Waals surface area contributed by atoms with Crippen molar-refractivity contribution in [3.63, 3.8) is 0 Å². The number of alkyl halides is 2. The molecule has 4 amide bonds. The fourth-order valence-electron chi connectivity index (χ4n) is 6.68. The Morgan fingerprint density at radius 1 is 0.530 bits per heavy atom. The minimum absolute atomic E-state index is 0.0390. The van der Waals surface area contributed by atoms with E-state index in [9.17, 15) is 28.8 Å². The van der Waals surface area contributed by atoms with E-state index in [2.05, 4.69) is 41.7 Å². The topological polar surface area (TPSA) is 200 Å². The SMILES string of the molecule is CCc1cc(NC(=O)C(N=Nc2cccc(C(=O)Nc3ccccc3CCCl)c2Cl)C(C)=O)cc(CC)c1NC(=O)C(N=Nc1cccc(C(=O)Nc2ccccc2CCCl)c1Cl)C(C)=O. The third-order valence-corrected chi connectivity index (χ3v) is 11.3. The molecule has 18 heteroatoms. The number of aryl methyl sites for hydroxylation is 4. The number of Topliss-reactive ketones (excluding diaryl/α,β-unsaturated/α-hetero) is 2. The second-order valence-electron chi connectivity index (χ2n) is 14.7. The Hall–Kier alpha value is -6.32. The van der Waals surface area contributed by atoms with Crippen LogP contribution in [0.3, 0.4) is 0 Å². The van der Waals surface area contributed by atoms with Gasteiger partial charge in [0, 0.05) is 34.5 Å². The Bertz CT molecular complexity index is 2680. The van der Waals surface area contributed by atoms with Crippen LogP contribution >= 0.6 is 46.4 Å². The van der Waals surface area contributed by atoms with Crippen molar-refractivity contribution >= 4 is 116 Å². The predicted molar refractivity (Wildman–Crippen MR) is 261 cm³/mol. The molecule has 5 rings (SSSR count). The Balaban J connectivity index is 1.31. The van der Waals surface area contributed by atoms with Gasteiger partial charge in [-0.3, -0.25) is 28.8 Å². The number of ketones is 2. The minimum Gasteiger partial charge on any atom is -0.324 e. The van der Waals surface area contributed by atoms with Crippen LogP contribution in [-0.2, 0) is 44.9 Å². The molecule has 0 saturated heterocycles. The van der Waals surface area contributed by atoms with Gasteiger partial charge in [-0.15, -0.1) is 23.2 Å². The Kier molecular flexibility index (Phi) is 18.6. The lowest BCUT2D eigenvalue weighted by molar-refractivity contribution is -0.127. The van der Waals surface area contributed by atoms with Crippen molar-refractivity contribution in [3.05, 3.63) is 140 Å². The van der Waals surface area contributed by atoms with Crippen LogP contribution in [0.25, 0.3) is 0 Å². The first-order chi connectivity index (χ1) is 31.7. The van der Waals surface area contributed by atoms with Crippen molar-refractivity contribution in [2.75, 3.05) is 33.0 Å². The van der Waals surface area contributed by atoms with E-state index in [0.29, 0.717) is 71.3 Å². The molecule has 2 atom stereocenters. The maximum Gasteiger partial charge on any atom is 0.258 e. The van der Waals surface area contributed by atoms with Crippen molar-refractivity contribution in [2.24, 2.45) is 20.5 Å². The zero-order chi connectivity index (χ0) is 47.9. The second kappa shape index (κ2) is 24.3. The van der Waals surface area contributed by atoms with Crippen LogP contribution in [-0.4, -0.2) is 59.0 Å². The molecule has 0 aliphatic rings. The number of anilines is 4. The number of carbonyl (C=O) groups excluding carboxylic acids is 6. The molecule has 0 aromatic heterocycles. The molecule has 14 nitrogen and oxygen atoms in total. The highest BCUT2D eigenvalue weighted by Gasteiger charge is 2.27. The average molecular weight is 973 g/mol. The summed E-state index contributed by atoms with van der Waals surface area (Å²) in [5.74, 6) is -3.07. The van der Waals surface area contributed by atoms with Gasteiger partial charge >= 0.3 is 0 Å². The smallest absolute Gasteiger partial charge is 0.258 e. The van der Waals surface area contributed by atoms with Gasteiger partial charge < -0.3 is 21.3 Å². The number of hydrogen-bond donors (Lipinski definition) is 4. The Morgan fingerprint density at radius 2 is 0.939 bits per heavy atom. The van der Waals surface area contributed by atoms with Crippen LogP contribution in [0.2, 0.25) is 10.0 Å². The number of rotatable bonds is 20. The molecule has 0 fully saturated rings. The molecule has 2 unspecified atom stereocenters. The number of hydrogen-bond acceptors (Lipinski definition) is 10. The van der Waals surface area contributed by atoms with Gasteiger partial charge in [-0.25, -0.2) is 0 Å². The summed E-state index contributed by atoms with van der Waals surface area (Å²) >= 11 is 25.1. The van der Waals surface area contributed by atoms with Crippen molar-refractivity contribution in [1.82, 2.24) is 0 Å². The standard InChI is InChI=1S/C48H46Cl4N8O6/c1-5-29-25-33(53-47(65)42(27(3)61)59-57-38-19-11-15-34(40(38)51)45(63)54-36-17-9-7-13-31(36)21-23-49)26-30(6-2)44(29)56-48(66)43(28(4)62)60-58-39-20-12-16-35(41(39)52)46(64)55-37-18-10-8-14-32(37)22-24-50/h7-20,25-26,42-43H,5-6,21-24H2,1-4H3,(H,53,65)(H,54,63)(H,55,64)(H,56,66). The van der Waals surface area contributed by atoms with Gasteiger partial charge in [0.15, 0.2) is 11.6 Å². The van der Waals surface area contributed by atoms with E-state index in [4.69, 9.17) is 46.4 Å². The molecule has 0 bridgehead atoms. The lowest BCUT2D eigenvalue weighted by Gasteiger charge is -2.19. The van der Waals surface area contributed by atoms with E-state index in [1.165, 1.54) is 38.1 Å². The monoisotopic (exact) mass is 970 g/mol. The fourth-order valence-corrected chi connectivity index (χ4v) is 7.59. The van der Waals surface area contributed by atoms with Gasteiger partial charge in [0.2, 0.25) is 12.1 Å². The number of azo groups is 2. The van der Waals surface area contributed by atoms with E-state index in [1.54, 1.807) is 48.5 Å². The van der Waals surface area contributed by atoms with Crippen molar-refractivity contribution in [3.8, 4) is 0 Å². The van der Waals surface area contributed by atoms with Crippen molar-refractivity contribution < 1.29 is 28.8 Å². The molecule has 0 heterocycles. The van der Waals surface area contributed by atoms with Crippen LogP contribution in [0.15, 0.2) is 118 Å². The van der Waals surface area contributed by atoms with E-state index in [0.717, 1.165) is 11.1 Å². The first-order valence-corrected chi connectivity index (χ1v) is 22.6. The van der Waals surface area contributed by atoms with E-state index in [1.807, 2.05) is 38.1 Å². The fraction of sp³-hybridized carbons (Fsp3) is 0.250. The zero-order valence-corrected chi connectivity index (χ0v) is 39.4. The first-order valence-electron chi connectivity index (χ1n) is 20.8. The first kappa shape index (κ1) is 50.7. The summed E-state index contributed by atoms with van der Waals surface area (Å²) in [5.41, 5.74) is 5.05. The number of carbonyl (C=O) groups is 6. The number of nitrogens with zero attached hydrogens (tertiary/aromatic N) is 4. The lowest BCUT2D eigenvalue weighted by atomic mass is 10.0. The number of benzene rings is 5. The Morgan fingerprint density at radius 3 is 1.33 bits per heavy atom. The van der Waals surface area contributed by atoms with Crippen LogP contribution in [0.5, 0.6) is 0 Å². The zero-order valence-electron chi connectivity index (χ0n) is 36.4. The summed E-state index contributed by atoms with van der Waals surface area (Å²) in [5, 5.41) is 27.5. The lowest BCUT2D eigenvalue weighted by Crippen LogP contribution is -2.33. The molecule has 5 aromatic carbocycles. The number of para-hydroxylation sites is 2. The summed E-state index contributed by atoms with van der Waals surface area (Å²) in [7, 11) is 0. The number of nitrogens with one attached hydrogen (secondary N) is 4. The third kappa shape index (κ3) is 12.9. The normalized spacial score (nSPS) is 12.1. The summed E-state index contributed by atoms with van der Waals surface area (Å²) in [4.78, 5) is 79.4. The molecule has 0 radical (unpaired) electrons. The average Bonchev–Trinajstić information content (AvgIpc) is 3.29. The maximum atomic E-state index is 13.7. The summed E-state index contributed by atoms with van der Waals surface area (Å²) in [6.07, 6.45) is 1.84. The highest BCUT2D eigenvalue weighted by Crippen LogP contribution is 2.33.